The lowest BCUT2D eigenvalue weighted by molar-refractivity contribution is 1.23. The first-order valence-electron chi connectivity index (χ1n) is 18.5. The van der Waals surface area contributed by atoms with Crippen LogP contribution in [0.4, 0.5) is 0 Å². The van der Waals surface area contributed by atoms with Crippen LogP contribution >= 0.6 is 0 Å². The second kappa shape index (κ2) is 12.2. The summed E-state index contributed by atoms with van der Waals surface area (Å²) in [7, 11) is 0. The monoisotopic (exact) mass is 684 g/mol. The van der Waals surface area contributed by atoms with Gasteiger partial charge < -0.3 is 0 Å². The van der Waals surface area contributed by atoms with Crippen LogP contribution in [0.5, 0.6) is 0 Å². The van der Waals surface area contributed by atoms with Gasteiger partial charge in [-0.25, -0.2) is 9.97 Å². The van der Waals surface area contributed by atoms with Crippen LogP contribution in [-0.4, -0.2) is 9.97 Å². The fraction of sp³-hybridized carbons (Fsp3) is 0. The molecule has 0 aliphatic rings. The molecule has 0 aliphatic heterocycles. The van der Waals surface area contributed by atoms with Gasteiger partial charge in [-0.1, -0.05) is 164 Å². The lowest BCUT2D eigenvalue weighted by atomic mass is 9.84. The van der Waals surface area contributed by atoms with Gasteiger partial charge in [-0.15, -0.1) is 0 Å². The minimum Gasteiger partial charge on any atom is -0.228 e. The van der Waals surface area contributed by atoms with Gasteiger partial charge >= 0.3 is 0 Å². The van der Waals surface area contributed by atoms with E-state index >= 15 is 0 Å². The Bertz CT molecular complexity index is 3290. The van der Waals surface area contributed by atoms with Crippen molar-refractivity contribution < 1.29 is 0 Å². The van der Waals surface area contributed by atoms with E-state index in [9.17, 15) is 0 Å². The maximum Gasteiger partial charge on any atom is 0.160 e. The van der Waals surface area contributed by atoms with Gasteiger partial charge in [0.2, 0.25) is 0 Å². The summed E-state index contributed by atoms with van der Waals surface area (Å²) < 4.78 is 0. The quantitative estimate of drug-likeness (QED) is 0.172. The first-order chi connectivity index (χ1) is 26.7. The van der Waals surface area contributed by atoms with Gasteiger partial charge in [-0.3, -0.25) is 0 Å². The second-order valence-electron chi connectivity index (χ2n) is 14.2. The molecule has 0 spiro atoms. The standard InChI is InChI=1S/C52H32N2/c1-4-14-36-29-39(24-21-33(36)11-1)49-43-17-7-8-18-44(43)50(40-25-22-34-12-2-5-15-37(34)30-40)47-32-42(27-28-45(47)49)52-53-48-20-10-9-19-46(48)51(54-52)41-26-23-35-13-3-6-16-38(35)31-41/h1-32H. The van der Waals surface area contributed by atoms with Gasteiger partial charge in [0.25, 0.3) is 0 Å². The molecule has 11 rings (SSSR count). The summed E-state index contributed by atoms with van der Waals surface area (Å²) in [4.78, 5) is 10.6. The smallest absolute Gasteiger partial charge is 0.160 e. The predicted molar refractivity (Wildman–Crippen MR) is 229 cm³/mol. The molecule has 0 saturated carbocycles. The Hall–Kier alpha value is -7.16. The number of hydrogen-bond acceptors (Lipinski definition) is 2. The third-order valence-corrected chi connectivity index (χ3v) is 11.0. The summed E-state index contributed by atoms with van der Waals surface area (Å²) in [5.41, 5.74) is 8.77. The van der Waals surface area contributed by atoms with Gasteiger partial charge in [0.1, 0.15) is 0 Å². The summed E-state index contributed by atoms with van der Waals surface area (Å²) in [6.45, 7) is 0. The molecular formula is C52H32N2. The maximum atomic E-state index is 5.36. The fourth-order valence-electron chi connectivity index (χ4n) is 8.39. The maximum absolute atomic E-state index is 5.36. The molecule has 250 valence electrons. The van der Waals surface area contributed by atoms with Crippen molar-refractivity contribution in [3.05, 3.63) is 194 Å². The molecule has 0 fully saturated rings. The van der Waals surface area contributed by atoms with Crippen LogP contribution in [0.1, 0.15) is 0 Å². The fourth-order valence-corrected chi connectivity index (χ4v) is 8.39. The zero-order valence-electron chi connectivity index (χ0n) is 29.4. The van der Waals surface area contributed by atoms with Gasteiger partial charge in [0.05, 0.1) is 11.2 Å². The number of benzene rings is 10. The molecule has 0 N–H and O–H groups in total. The van der Waals surface area contributed by atoms with Crippen molar-refractivity contribution in [1.29, 1.82) is 0 Å². The number of para-hydroxylation sites is 1. The highest BCUT2D eigenvalue weighted by atomic mass is 14.9. The van der Waals surface area contributed by atoms with Crippen LogP contribution in [0.2, 0.25) is 0 Å². The Balaban J connectivity index is 1.21. The molecule has 1 heterocycles. The summed E-state index contributed by atoms with van der Waals surface area (Å²) >= 11 is 0. The Kier molecular flexibility index (Phi) is 6.90. The third-order valence-electron chi connectivity index (χ3n) is 11.0. The van der Waals surface area contributed by atoms with Crippen LogP contribution in [0.3, 0.4) is 0 Å². The van der Waals surface area contributed by atoms with Crippen molar-refractivity contribution in [2.45, 2.75) is 0 Å². The molecule has 1 aromatic heterocycles. The molecule has 0 saturated heterocycles. The summed E-state index contributed by atoms with van der Waals surface area (Å²) in [5, 5.41) is 13.2. The highest BCUT2D eigenvalue weighted by molar-refractivity contribution is 6.22. The van der Waals surface area contributed by atoms with E-state index in [1.54, 1.807) is 0 Å². The van der Waals surface area contributed by atoms with Crippen LogP contribution in [0.15, 0.2) is 194 Å². The Morgan fingerprint density at radius 3 is 1.28 bits per heavy atom. The second-order valence-corrected chi connectivity index (χ2v) is 14.2. The number of fused-ring (bicyclic) bond motifs is 6. The first kappa shape index (κ1) is 30.5. The summed E-state index contributed by atoms with van der Waals surface area (Å²) in [6, 6.07) is 70.1. The SMILES string of the molecule is c1ccc2cc(-c3nc(-c4ccc5c(-c6ccc7ccccc7c6)c6ccccc6c(-c6ccc7ccccc7c6)c5c4)nc4ccccc34)ccc2c1. The highest BCUT2D eigenvalue weighted by Gasteiger charge is 2.19. The molecule has 11 aromatic rings. The molecule has 0 unspecified atom stereocenters. The van der Waals surface area contributed by atoms with Crippen LogP contribution in [0.25, 0.3) is 110 Å². The minimum absolute atomic E-state index is 0.712. The first-order valence-corrected chi connectivity index (χ1v) is 18.5. The van der Waals surface area contributed by atoms with Gasteiger partial charge in [0, 0.05) is 16.5 Å². The van der Waals surface area contributed by atoms with Crippen LogP contribution < -0.4 is 0 Å². The molecule has 2 heteroatoms. The summed E-state index contributed by atoms with van der Waals surface area (Å²) in [5.74, 6) is 0.712. The van der Waals surface area contributed by atoms with Crippen LogP contribution in [0, 0.1) is 0 Å². The number of aromatic nitrogens is 2. The van der Waals surface area contributed by atoms with E-state index in [2.05, 4.69) is 194 Å². The highest BCUT2D eigenvalue weighted by Crippen LogP contribution is 2.46. The van der Waals surface area contributed by atoms with E-state index in [0.29, 0.717) is 5.82 Å². The van der Waals surface area contributed by atoms with E-state index in [-0.39, 0.29) is 0 Å². The minimum atomic E-state index is 0.712. The number of hydrogen-bond donors (Lipinski definition) is 0. The molecule has 0 radical (unpaired) electrons. The van der Waals surface area contributed by atoms with Crippen LogP contribution in [-0.2, 0) is 0 Å². The average molecular weight is 685 g/mol. The average Bonchev–Trinajstić information content (AvgIpc) is 3.24. The molecule has 10 aromatic carbocycles. The lowest BCUT2D eigenvalue weighted by Gasteiger charge is -2.19. The van der Waals surface area contributed by atoms with E-state index in [0.717, 1.165) is 27.7 Å². The molecule has 0 atom stereocenters. The predicted octanol–water partition coefficient (Wildman–Crippen LogP) is 14.1. The molecule has 0 amide bonds. The van der Waals surface area contributed by atoms with Crippen molar-refractivity contribution in [2.75, 3.05) is 0 Å². The topological polar surface area (TPSA) is 25.8 Å². The Morgan fingerprint density at radius 1 is 0.259 bits per heavy atom. The molecule has 0 aliphatic carbocycles. The van der Waals surface area contributed by atoms with E-state index in [1.165, 1.54) is 76.1 Å². The van der Waals surface area contributed by atoms with Crippen molar-refractivity contribution in [2.24, 2.45) is 0 Å². The Labute approximate surface area is 312 Å². The van der Waals surface area contributed by atoms with Crippen molar-refractivity contribution in [1.82, 2.24) is 9.97 Å². The van der Waals surface area contributed by atoms with E-state index in [1.807, 2.05) is 0 Å². The summed E-state index contributed by atoms with van der Waals surface area (Å²) in [6.07, 6.45) is 0. The normalized spacial score (nSPS) is 11.7. The lowest BCUT2D eigenvalue weighted by Crippen LogP contribution is -1.96. The van der Waals surface area contributed by atoms with Gasteiger partial charge in [-0.05, 0) is 106 Å². The van der Waals surface area contributed by atoms with Crippen molar-refractivity contribution >= 4 is 64.8 Å². The van der Waals surface area contributed by atoms with Crippen molar-refractivity contribution in [3.8, 4) is 44.9 Å². The van der Waals surface area contributed by atoms with E-state index < -0.39 is 0 Å². The number of rotatable bonds is 4. The van der Waals surface area contributed by atoms with E-state index in [4.69, 9.17) is 9.97 Å². The van der Waals surface area contributed by atoms with Gasteiger partial charge in [-0.2, -0.15) is 0 Å². The molecule has 2 nitrogen and oxygen atoms in total. The van der Waals surface area contributed by atoms with Gasteiger partial charge in [0.15, 0.2) is 5.82 Å². The zero-order chi connectivity index (χ0) is 35.6. The largest absolute Gasteiger partial charge is 0.228 e. The molecule has 0 bridgehead atoms. The third kappa shape index (κ3) is 4.96. The Morgan fingerprint density at radius 2 is 0.685 bits per heavy atom. The van der Waals surface area contributed by atoms with Crippen molar-refractivity contribution in [3.63, 3.8) is 0 Å². The zero-order valence-corrected chi connectivity index (χ0v) is 29.4. The molecular weight excluding hydrogens is 653 g/mol. The molecule has 54 heavy (non-hydrogen) atoms. The number of nitrogens with zero attached hydrogens (tertiary/aromatic N) is 2.